The van der Waals surface area contributed by atoms with Crippen molar-refractivity contribution in [1.29, 1.82) is 0 Å². The lowest BCUT2D eigenvalue weighted by Crippen LogP contribution is -2.63. The van der Waals surface area contributed by atoms with Gasteiger partial charge in [-0.05, 0) is 86.3 Å². The fourth-order valence-corrected chi connectivity index (χ4v) is 8.11. The highest BCUT2D eigenvalue weighted by Crippen LogP contribution is 2.59. The number of carbonyl (C=O) groups excluding carboxylic acids is 2. The van der Waals surface area contributed by atoms with Crippen LogP contribution in [0.3, 0.4) is 0 Å². The van der Waals surface area contributed by atoms with Crippen molar-refractivity contribution in [2.75, 3.05) is 36.1 Å². The number of methoxy groups -OCH3 is 1. The number of nitrogens with one attached hydrogen (secondary N) is 2. The maximum absolute atomic E-state index is 12.7. The maximum Gasteiger partial charge on any atom is 0.313 e. The van der Waals surface area contributed by atoms with Gasteiger partial charge >= 0.3 is 11.8 Å². The summed E-state index contributed by atoms with van der Waals surface area (Å²) >= 11 is 0. The van der Waals surface area contributed by atoms with Gasteiger partial charge in [-0.2, -0.15) is 0 Å². The van der Waals surface area contributed by atoms with Crippen LogP contribution >= 0.6 is 0 Å². The van der Waals surface area contributed by atoms with Crippen molar-refractivity contribution < 1.29 is 22.7 Å². The molecule has 0 spiro atoms. The molecule has 5 aliphatic rings. The fraction of sp³-hybridized carbons (Fsp3) is 0.667. The summed E-state index contributed by atoms with van der Waals surface area (Å²) in [5.74, 6) is 0.981. The Labute approximate surface area is 195 Å². The van der Waals surface area contributed by atoms with Gasteiger partial charge in [0, 0.05) is 25.9 Å². The van der Waals surface area contributed by atoms with Crippen LogP contribution < -0.4 is 14.9 Å². The minimum absolute atomic E-state index is 0.344. The normalized spacial score (nSPS) is 32.4. The Bertz CT molecular complexity index is 1040. The summed E-state index contributed by atoms with van der Waals surface area (Å²) < 4.78 is 31.7. The third kappa shape index (κ3) is 4.03. The summed E-state index contributed by atoms with van der Waals surface area (Å²) in [6.07, 6.45) is 8.63. The van der Waals surface area contributed by atoms with Gasteiger partial charge in [-0.15, -0.1) is 0 Å². The highest BCUT2D eigenvalue weighted by molar-refractivity contribution is 7.92. The summed E-state index contributed by atoms with van der Waals surface area (Å²) in [5, 5.41) is 5.47. The number of benzene rings is 1. The van der Waals surface area contributed by atoms with Crippen molar-refractivity contribution in [2.45, 2.75) is 50.5 Å². The van der Waals surface area contributed by atoms with Crippen molar-refractivity contribution in [3.63, 3.8) is 0 Å². The predicted molar refractivity (Wildman–Crippen MR) is 125 cm³/mol. The molecule has 0 atom stereocenters. The van der Waals surface area contributed by atoms with E-state index in [0.29, 0.717) is 36.3 Å². The zero-order valence-electron chi connectivity index (χ0n) is 19.3. The van der Waals surface area contributed by atoms with Crippen LogP contribution in [0.2, 0.25) is 0 Å². The first kappa shape index (κ1) is 22.7. The fourth-order valence-electron chi connectivity index (χ4n) is 7.13. The molecule has 4 bridgehead atoms. The Kier molecular flexibility index (Phi) is 5.68. The van der Waals surface area contributed by atoms with E-state index in [0.717, 1.165) is 55.9 Å². The van der Waals surface area contributed by atoms with Crippen LogP contribution in [0.1, 0.15) is 44.1 Å². The average Bonchev–Trinajstić information content (AvgIpc) is 2.77. The van der Waals surface area contributed by atoms with Crippen LogP contribution in [0.5, 0.6) is 0 Å². The largest absolute Gasteiger partial charge is 0.376 e. The van der Waals surface area contributed by atoms with Crippen LogP contribution in [-0.2, 0) is 30.8 Å². The van der Waals surface area contributed by atoms with Crippen LogP contribution in [0.25, 0.3) is 0 Å². The molecule has 0 radical (unpaired) electrons. The number of ether oxygens (including phenoxy) is 1. The van der Waals surface area contributed by atoms with Gasteiger partial charge in [0.1, 0.15) is 0 Å². The summed E-state index contributed by atoms with van der Waals surface area (Å²) in [5.41, 5.74) is 1.50. The molecule has 1 aromatic carbocycles. The van der Waals surface area contributed by atoms with E-state index in [9.17, 15) is 18.0 Å². The number of aryl methyl sites for hydroxylation is 1. The number of hydrogen-bond donors (Lipinski definition) is 2. The molecule has 33 heavy (non-hydrogen) atoms. The van der Waals surface area contributed by atoms with Crippen molar-refractivity contribution in [3.05, 3.63) is 23.8 Å². The summed E-state index contributed by atoms with van der Waals surface area (Å²) in [7, 11) is -1.68. The lowest BCUT2D eigenvalue weighted by Gasteiger charge is -2.60. The Hall–Kier alpha value is -2.13. The van der Waals surface area contributed by atoms with Crippen molar-refractivity contribution >= 4 is 33.2 Å². The molecule has 0 aromatic heterocycles. The smallest absolute Gasteiger partial charge is 0.313 e. The number of sulfonamides is 1. The monoisotopic (exact) mass is 475 g/mol. The molecule has 8 nitrogen and oxygen atoms in total. The van der Waals surface area contributed by atoms with Gasteiger partial charge in [0.15, 0.2) is 0 Å². The van der Waals surface area contributed by atoms with Crippen LogP contribution in [0, 0.1) is 23.7 Å². The first-order chi connectivity index (χ1) is 15.7. The number of fused-ring (bicyclic) bond motifs is 1. The molecule has 2 amide bonds. The first-order valence-electron chi connectivity index (χ1n) is 11.9. The van der Waals surface area contributed by atoms with Crippen LogP contribution in [-0.4, -0.2) is 52.3 Å². The second-order valence-electron chi connectivity index (χ2n) is 10.4. The molecule has 4 fully saturated rings. The molecule has 4 aliphatic carbocycles. The number of hydrogen-bond acceptors (Lipinski definition) is 5. The van der Waals surface area contributed by atoms with Crippen molar-refractivity contribution in [1.82, 2.24) is 5.32 Å². The van der Waals surface area contributed by atoms with E-state index in [-0.39, 0.29) is 5.60 Å². The number of amides is 2. The minimum atomic E-state index is -3.41. The first-order valence-corrected chi connectivity index (χ1v) is 13.8. The van der Waals surface area contributed by atoms with Gasteiger partial charge in [0.25, 0.3) is 0 Å². The van der Waals surface area contributed by atoms with Gasteiger partial charge in [0.2, 0.25) is 10.0 Å². The summed E-state index contributed by atoms with van der Waals surface area (Å²) in [6, 6.07) is 5.16. The molecule has 1 aliphatic heterocycles. The number of carbonyl (C=O) groups is 2. The molecule has 2 N–H and O–H groups in total. The predicted octanol–water partition coefficient (Wildman–Crippen LogP) is 2.29. The molecule has 9 heteroatoms. The standard InChI is InChI=1S/C24H33N3O5S/c1-32-24(18-9-15-8-16(11-18)12-19(24)10-15)14-25-22(28)23(29)26-20-6-5-17-4-3-7-27(21(17)13-20)33(2,30)31/h5-6,13,15-16,18-19H,3-4,7-12,14H2,1-2H3,(H,25,28)(H,26,29). The Morgan fingerprint density at radius 3 is 2.36 bits per heavy atom. The third-order valence-electron chi connectivity index (χ3n) is 8.45. The third-order valence-corrected chi connectivity index (χ3v) is 9.63. The van der Waals surface area contributed by atoms with E-state index in [4.69, 9.17) is 4.74 Å². The highest BCUT2D eigenvalue weighted by Gasteiger charge is 2.57. The number of rotatable bonds is 5. The van der Waals surface area contributed by atoms with Gasteiger partial charge < -0.3 is 15.4 Å². The number of anilines is 2. The highest BCUT2D eigenvalue weighted by atomic mass is 32.2. The zero-order chi connectivity index (χ0) is 23.4. The van der Waals surface area contributed by atoms with Crippen LogP contribution in [0.4, 0.5) is 11.4 Å². The molecule has 6 rings (SSSR count). The summed E-state index contributed by atoms with van der Waals surface area (Å²) in [6.45, 7) is 0.753. The summed E-state index contributed by atoms with van der Waals surface area (Å²) in [4.78, 5) is 25.3. The van der Waals surface area contributed by atoms with E-state index in [1.165, 1.54) is 17.0 Å². The van der Waals surface area contributed by atoms with Gasteiger partial charge in [-0.1, -0.05) is 6.07 Å². The molecule has 180 valence electrons. The second kappa shape index (κ2) is 8.27. The lowest BCUT2D eigenvalue weighted by atomic mass is 9.49. The van der Waals surface area contributed by atoms with E-state index in [2.05, 4.69) is 10.6 Å². The molecular formula is C24H33N3O5S. The van der Waals surface area contributed by atoms with Gasteiger partial charge in [0.05, 0.1) is 17.5 Å². The molecule has 4 saturated carbocycles. The van der Waals surface area contributed by atoms with E-state index in [1.54, 1.807) is 19.2 Å². The van der Waals surface area contributed by atoms with Crippen LogP contribution in [0.15, 0.2) is 18.2 Å². The molecule has 0 saturated heterocycles. The van der Waals surface area contributed by atoms with E-state index in [1.807, 2.05) is 6.07 Å². The quantitative estimate of drug-likeness (QED) is 0.636. The molecular weight excluding hydrogens is 442 g/mol. The Balaban J connectivity index is 1.25. The Morgan fingerprint density at radius 2 is 1.76 bits per heavy atom. The second-order valence-corrected chi connectivity index (χ2v) is 12.3. The Morgan fingerprint density at radius 1 is 1.09 bits per heavy atom. The maximum atomic E-state index is 12.7. The van der Waals surface area contributed by atoms with Crippen molar-refractivity contribution in [3.8, 4) is 0 Å². The van der Waals surface area contributed by atoms with Crippen molar-refractivity contribution in [2.24, 2.45) is 23.7 Å². The average molecular weight is 476 g/mol. The topological polar surface area (TPSA) is 105 Å². The van der Waals surface area contributed by atoms with Gasteiger partial charge in [-0.3, -0.25) is 13.9 Å². The van der Waals surface area contributed by atoms with E-state index < -0.39 is 21.8 Å². The number of nitrogens with zero attached hydrogens (tertiary/aromatic N) is 1. The molecule has 0 unspecified atom stereocenters. The molecule has 1 aromatic rings. The minimum Gasteiger partial charge on any atom is -0.376 e. The van der Waals surface area contributed by atoms with Gasteiger partial charge in [-0.25, -0.2) is 8.42 Å². The zero-order valence-corrected chi connectivity index (χ0v) is 20.1. The lowest BCUT2D eigenvalue weighted by molar-refractivity contribution is -0.188. The van der Waals surface area contributed by atoms with E-state index >= 15 is 0 Å². The molecule has 1 heterocycles. The SMILES string of the molecule is COC1(CNC(=O)C(=O)Nc2ccc3c(c2)N(S(C)(=O)=O)CCC3)C2CC3CC(C2)CC1C3.